The summed E-state index contributed by atoms with van der Waals surface area (Å²) >= 11 is 0. The molecule has 1 unspecified atom stereocenters. The van der Waals surface area contributed by atoms with Gasteiger partial charge in [-0.1, -0.05) is 26.7 Å². The summed E-state index contributed by atoms with van der Waals surface area (Å²) in [6, 6.07) is 0. The monoisotopic (exact) mass is 245 g/mol. The van der Waals surface area contributed by atoms with Crippen LogP contribution in [0.3, 0.4) is 0 Å². The average molecular weight is 245 g/mol. The minimum atomic E-state index is 0.348. The van der Waals surface area contributed by atoms with E-state index in [1.54, 1.807) is 7.11 Å². The third-order valence-electron chi connectivity index (χ3n) is 3.67. The predicted molar refractivity (Wildman–Crippen MR) is 73.2 cm³/mol. The highest BCUT2D eigenvalue weighted by Gasteiger charge is 2.24. The smallest absolute Gasteiger partial charge is 0.0700 e. The molecule has 2 N–H and O–H groups in total. The summed E-state index contributed by atoms with van der Waals surface area (Å²) in [5, 5.41) is 0. The van der Waals surface area contributed by atoms with Gasteiger partial charge in [0.15, 0.2) is 0 Å². The van der Waals surface area contributed by atoms with Crippen LogP contribution in [0.25, 0.3) is 0 Å². The average Bonchev–Trinajstić information content (AvgIpc) is 2.38. The first-order chi connectivity index (χ1) is 8.24. The largest absolute Gasteiger partial charge is 0.382 e. The van der Waals surface area contributed by atoms with Gasteiger partial charge in [0.2, 0.25) is 0 Å². The van der Waals surface area contributed by atoms with Gasteiger partial charge in [-0.25, -0.2) is 0 Å². The fourth-order valence-corrected chi connectivity index (χ4v) is 2.17. The molecule has 0 amide bonds. The van der Waals surface area contributed by atoms with Crippen LogP contribution in [0.5, 0.6) is 0 Å². The normalized spacial score (nSPS) is 14.8. The lowest BCUT2D eigenvalue weighted by Gasteiger charge is -2.31. The van der Waals surface area contributed by atoms with E-state index in [1.165, 1.54) is 32.1 Å². The number of unbranched alkanes of at least 4 members (excludes halogenated alkanes) is 1. The van der Waals surface area contributed by atoms with Crippen molar-refractivity contribution >= 4 is 0 Å². The number of hydrogen-bond acceptors (Lipinski definition) is 3. The van der Waals surface area contributed by atoms with Crippen LogP contribution in [0.4, 0.5) is 0 Å². The predicted octanol–water partition coefficient (Wildman–Crippen LogP) is 2.97. The summed E-state index contributed by atoms with van der Waals surface area (Å²) in [5.74, 6) is 0. The number of hydrogen-bond donors (Lipinski definition) is 1. The second-order valence-electron chi connectivity index (χ2n) is 4.87. The SMILES string of the molecule is CCCCC(CC)(CN)CCCOCCOC. The summed E-state index contributed by atoms with van der Waals surface area (Å²) < 4.78 is 10.4. The zero-order chi connectivity index (χ0) is 13.0. The molecule has 0 bridgehead atoms. The zero-order valence-corrected chi connectivity index (χ0v) is 12.0. The van der Waals surface area contributed by atoms with E-state index < -0.39 is 0 Å². The molecular formula is C14H31NO2. The maximum Gasteiger partial charge on any atom is 0.0700 e. The van der Waals surface area contributed by atoms with Crippen molar-refractivity contribution < 1.29 is 9.47 Å². The molecule has 0 rings (SSSR count). The summed E-state index contributed by atoms with van der Waals surface area (Å²) in [5.41, 5.74) is 6.31. The highest BCUT2D eigenvalue weighted by molar-refractivity contribution is 4.78. The molecule has 0 aromatic rings. The Morgan fingerprint density at radius 2 is 1.71 bits per heavy atom. The van der Waals surface area contributed by atoms with E-state index in [0.717, 1.165) is 19.6 Å². The first kappa shape index (κ1) is 16.9. The Hall–Kier alpha value is -0.120. The summed E-state index contributed by atoms with van der Waals surface area (Å²) in [7, 11) is 1.70. The van der Waals surface area contributed by atoms with Crippen molar-refractivity contribution in [3.05, 3.63) is 0 Å². The highest BCUT2D eigenvalue weighted by Crippen LogP contribution is 2.32. The first-order valence-electron chi connectivity index (χ1n) is 7.01. The van der Waals surface area contributed by atoms with Crippen molar-refractivity contribution in [1.82, 2.24) is 0 Å². The van der Waals surface area contributed by atoms with E-state index in [-0.39, 0.29) is 0 Å². The summed E-state index contributed by atoms with van der Waals surface area (Å²) in [6.45, 7) is 7.52. The van der Waals surface area contributed by atoms with Gasteiger partial charge in [-0.05, 0) is 37.6 Å². The van der Waals surface area contributed by atoms with Crippen molar-refractivity contribution in [3.8, 4) is 0 Å². The highest BCUT2D eigenvalue weighted by atomic mass is 16.5. The Balaban J connectivity index is 3.75. The van der Waals surface area contributed by atoms with E-state index in [0.29, 0.717) is 18.6 Å². The fourth-order valence-electron chi connectivity index (χ4n) is 2.17. The van der Waals surface area contributed by atoms with Gasteiger partial charge >= 0.3 is 0 Å². The molecule has 1 atom stereocenters. The molecule has 0 aromatic heterocycles. The maximum absolute atomic E-state index is 5.96. The van der Waals surface area contributed by atoms with Gasteiger partial charge in [-0.3, -0.25) is 0 Å². The minimum Gasteiger partial charge on any atom is -0.382 e. The molecule has 3 nitrogen and oxygen atoms in total. The van der Waals surface area contributed by atoms with Gasteiger partial charge < -0.3 is 15.2 Å². The van der Waals surface area contributed by atoms with Gasteiger partial charge in [0.05, 0.1) is 13.2 Å². The maximum atomic E-state index is 5.96. The lowest BCUT2D eigenvalue weighted by Crippen LogP contribution is -2.30. The molecule has 0 aliphatic rings. The molecule has 0 aliphatic heterocycles. The topological polar surface area (TPSA) is 44.5 Å². The molecule has 0 saturated carbocycles. The molecule has 0 fully saturated rings. The van der Waals surface area contributed by atoms with E-state index in [9.17, 15) is 0 Å². The third kappa shape index (κ3) is 7.74. The molecule has 3 heteroatoms. The van der Waals surface area contributed by atoms with Gasteiger partial charge in [-0.2, -0.15) is 0 Å². The summed E-state index contributed by atoms with van der Waals surface area (Å²) in [4.78, 5) is 0. The van der Waals surface area contributed by atoms with Crippen LogP contribution < -0.4 is 5.73 Å². The van der Waals surface area contributed by atoms with Gasteiger partial charge in [-0.15, -0.1) is 0 Å². The number of ether oxygens (including phenoxy) is 2. The molecular weight excluding hydrogens is 214 g/mol. The number of rotatable bonds is 12. The van der Waals surface area contributed by atoms with E-state index in [4.69, 9.17) is 15.2 Å². The van der Waals surface area contributed by atoms with E-state index in [1.807, 2.05) is 0 Å². The lowest BCUT2D eigenvalue weighted by atomic mass is 9.76. The molecule has 0 radical (unpaired) electrons. The molecule has 0 aromatic carbocycles. The second-order valence-corrected chi connectivity index (χ2v) is 4.87. The third-order valence-corrected chi connectivity index (χ3v) is 3.67. The quantitative estimate of drug-likeness (QED) is 0.538. The Morgan fingerprint density at radius 3 is 2.24 bits per heavy atom. The Morgan fingerprint density at radius 1 is 1.00 bits per heavy atom. The Bertz CT molecular complexity index is 158. The van der Waals surface area contributed by atoms with Crippen LogP contribution in [0.2, 0.25) is 0 Å². The van der Waals surface area contributed by atoms with E-state index >= 15 is 0 Å². The van der Waals surface area contributed by atoms with Crippen LogP contribution in [0.1, 0.15) is 52.4 Å². The van der Waals surface area contributed by atoms with Crippen molar-refractivity contribution in [1.29, 1.82) is 0 Å². The van der Waals surface area contributed by atoms with E-state index in [2.05, 4.69) is 13.8 Å². The number of nitrogens with two attached hydrogens (primary N) is 1. The summed E-state index contributed by atoms with van der Waals surface area (Å²) in [6.07, 6.45) is 7.28. The second kappa shape index (κ2) is 11.0. The minimum absolute atomic E-state index is 0.348. The van der Waals surface area contributed by atoms with Crippen molar-refractivity contribution in [3.63, 3.8) is 0 Å². The van der Waals surface area contributed by atoms with Crippen LogP contribution in [0.15, 0.2) is 0 Å². The first-order valence-corrected chi connectivity index (χ1v) is 7.01. The van der Waals surface area contributed by atoms with Crippen LogP contribution in [-0.4, -0.2) is 33.5 Å². The van der Waals surface area contributed by atoms with Crippen LogP contribution >= 0.6 is 0 Å². The lowest BCUT2D eigenvalue weighted by molar-refractivity contribution is 0.0625. The molecule has 17 heavy (non-hydrogen) atoms. The Labute approximate surface area is 107 Å². The molecule has 0 heterocycles. The van der Waals surface area contributed by atoms with Crippen molar-refractivity contribution in [2.75, 3.05) is 33.5 Å². The van der Waals surface area contributed by atoms with Gasteiger partial charge in [0, 0.05) is 13.7 Å². The number of methoxy groups -OCH3 is 1. The van der Waals surface area contributed by atoms with Crippen LogP contribution in [0, 0.1) is 5.41 Å². The van der Waals surface area contributed by atoms with Crippen molar-refractivity contribution in [2.24, 2.45) is 11.1 Å². The molecule has 104 valence electrons. The van der Waals surface area contributed by atoms with Crippen LogP contribution in [-0.2, 0) is 9.47 Å². The Kier molecular flexibility index (Phi) is 10.9. The van der Waals surface area contributed by atoms with Gasteiger partial charge in [0.1, 0.15) is 0 Å². The van der Waals surface area contributed by atoms with Gasteiger partial charge in [0.25, 0.3) is 0 Å². The molecule has 0 aliphatic carbocycles. The van der Waals surface area contributed by atoms with Crippen molar-refractivity contribution in [2.45, 2.75) is 52.4 Å². The molecule has 0 spiro atoms. The standard InChI is InChI=1S/C14H31NO2/c1-4-6-8-14(5-2,13-15)9-7-10-17-12-11-16-3/h4-13,15H2,1-3H3. The fraction of sp³-hybridized carbons (Fsp3) is 1.00. The zero-order valence-electron chi connectivity index (χ0n) is 12.0. The molecule has 0 saturated heterocycles.